The summed E-state index contributed by atoms with van der Waals surface area (Å²) in [6.07, 6.45) is 1.37. The van der Waals surface area contributed by atoms with Gasteiger partial charge in [-0.05, 0) is 30.4 Å². The molecule has 1 heterocycles. The fraction of sp³-hybridized carbons (Fsp3) is 0. The molecule has 120 valence electrons. The predicted octanol–water partition coefficient (Wildman–Crippen LogP) is 4.05. The Morgan fingerprint density at radius 3 is 2.83 bits per heavy atom. The molecule has 3 rings (SSSR count). The van der Waals surface area contributed by atoms with E-state index >= 15 is 0 Å². The highest BCUT2D eigenvalue weighted by molar-refractivity contribution is 7.71. The molecule has 0 saturated carbocycles. The maximum absolute atomic E-state index is 11.1. The lowest BCUT2D eigenvalue weighted by molar-refractivity contribution is -0.385. The first-order valence-electron chi connectivity index (χ1n) is 6.77. The monoisotopic (exact) mass is 359 g/mol. The van der Waals surface area contributed by atoms with Crippen molar-refractivity contribution in [2.24, 2.45) is 5.10 Å². The van der Waals surface area contributed by atoms with Crippen LogP contribution in [0.25, 0.3) is 11.4 Å². The number of rotatable bonds is 4. The van der Waals surface area contributed by atoms with Gasteiger partial charge in [-0.15, -0.1) is 0 Å². The highest BCUT2D eigenvalue weighted by atomic mass is 35.5. The summed E-state index contributed by atoms with van der Waals surface area (Å²) in [5.74, 6) is 0.456. The van der Waals surface area contributed by atoms with Crippen molar-refractivity contribution in [3.05, 3.63) is 74.0 Å². The quantitative estimate of drug-likeness (QED) is 0.329. The Morgan fingerprint density at radius 2 is 2.08 bits per heavy atom. The van der Waals surface area contributed by atoms with E-state index < -0.39 is 4.92 Å². The minimum atomic E-state index is -0.464. The van der Waals surface area contributed by atoms with Crippen molar-refractivity contribution in [1.29, 1.82) is 0 Å². The van der Waals surface area contributed by atoms with Gasteiger partial charge < -0.3 is 0 Å². The maximum Gasteiger partial charge on any atom is 0.278 e. The average molecular weight is 360 g/mol. The number of aromatic amines is 1. The summed E-state index contributed by atoms with van der Waals surface area (Å²) in [7, 11) is 0. The number of nitro groups is 1. The lowest BCUT2D eigenvalue weighted by Crippen LogP contribution is -1.98. The largest absolute Gasteiger partial charge is 0.278 e. The van der Waals surface area contributed by atoms with Crippen molar-refractivity contribution >= 4 is 35.7 Å². The standard InChI is InChI=1S/C15H10ClN5O2S/c16-12-6-3-5-10(8-12)14-18-19-15(24)20(14)17-9-11-4-1-2-7-13(11)21(22)23/h1-9H,(H,19,24)/b17-9-. The molecule has 0 amide bonds. The Bertz CT molecular complexity index is 995. The fourth-order valence-electron chi connectivity index (χ4n) is 2.10. The highest BCUT2D eigenvalue weighted by Crippen LogP contribution is 2.21. The van der Waals surface area contributed by atoms with Crippen LogP contribution in [0.3, 0.4) is 0 Å². The number of nitro benzene ring substituents is 1. The van der Waals surface area contributed by atoms with Crippen LogP contribution in [-0.4, -0.2) is 26.0 Å². The molecule has 1 N–H and O–H groups in total. The smallest absolute Gasteiger partial charge is 0.258 e. The van der Waals surface area contributed by atoms with Crippen LogP contribution >= 0.6 is 23.8 Å². The van der Waals surface area contributed by atoms with E-state index in [-0.39, 0.29) is 10.5 Å². The molecule has 0 radical (unpaired) electrons. The number of hydrogen-bond donors (Lipinski definition) is 1. The second kappa shape index (κ2) is 6.73. The van der Waals surface area contributed by atoms with Gasteiger partial charge in [-0.25, -0.2) is 5.10 Å². The molecule has 3 aromatic rings. The topological polar surface area (TPSA) is 89.1 Å². The number of benzene rings is 2. The van der Waals surface area contributed by atoms with E-state index in [1.807, 2.05) is 6.07 Å². The Balaban J connectivity index is 2.05. The van der Waals surface area contributed by atoms with E-state index in [0.717, 1.165) is 5.56 Å². The molecular formula is C15H10ClN5O2S. The van der Waals surface area contributed by atoms with Gasteiger partial charge in [0, 0.05) is 16.7 Å². The summed E-state index contributed by atoms with van der Waals surface area (Å²) < 4.78 is 1.65. The molecule has 9 heteroatoms. The minimum absolute atomic E-state index is 0.0411. The summed E-state index contributed by atoms with van der Waals surface area (Å²) in [6.45, 7) is 0. The lowest BCUT2D eigenvalue weighted by Gasteiger charge is -2.01. The summed E-state index contributed by atoms with van der Waals surface area (Å²) >= 11 is 11.2. The van der Waals surface area contributed by atoms with Gasteiger partial charge >= 0.3 is 0 Å². The lowest BCUT2D eigenvalue weighted by atomic mass is 10.2. The van der Waals surface area contributed by atoms with E-state index in [2.05, 4.69) is 15.3 Å². The molecule has 24 heavy (non-hydrogen) atoms. The molecule has 0 atom stereocenters. The van der Waals surface area contributed by atoms with Crippen molar-refractivity contribution in [2.45, 2.75) is 0 Å². The van der Waals surface area contributed by atoms with Gasteiger partial charge in [0.25, 0.3) is 5.69 Å². The number of hydrogen-bond acceptors (Lipinski definition) is 5. The van der Waals surface area contributed by atoms with Gasteiger partial charge in [-0.3, -0.25) is 10.1 Å². The van der Waals surface area contributed by atoms with Crippen molar-refractivity contribution in [2.75, 3.05) is 0 Å². The minimum Gasteiger partial charge on any atom is -0.258 e. The molecule has 0 bridgehead atoms. The Hall–Kier alpha value is -2.84. The van der Waals surface area contributed by atoms with Crippen LogP contribution in [0, 0.1) is 14.9 Å². The number of para-hydroxylation sites is 1. The molecule has 0 spiro atoms. The van der Waals surface area contributed by atoms with Crippen LogP contribution in [0.2, 0.25) is 5.02 Å². The summed E-state index contributed by atoms with van der Waals surface area (Å²) in [5, 5.41) is 22.6. The van der Waals surface area contributed by atoms with E-state index in [4.69, 9.17) is 23.8 Å². The van der Waals surface area contributed by atoms with Crippen molar-refractivity contribution in [3.8, 4) is 11.4 Å². The zero-order valence-corrected chi connectivity index (χ0v) is 13.7. The second-order valence-electron chi connectivity index (χ2n) is 4.74. The van der Waals surface area contributed by atoms with Crippen LogP contribution in [0.15, 0.2) is 53.6 Å². The number of aromatic nitrogens is 3. The van der Waals surface area contributed by atoms with E-state index in [1.54, 1.807) is 36.4 Å². The number of nitrogens with one attached hydrogen (secondary N) is 1. The summed E-state index contributed by atoms with van der Waals surface area (Å²) in [5.41, 5.74) is 1.04. The molecule has 2 aromatic carbocycles. The van der Waals surface area contributed by atoms with E-state index in [1.165, 1.54) is 17.0 Å². The van der Waals surface area contributed by atoms with Crippen molar-refractivity contribution < 1.29 is 4.92 Å². The molecule has 0 aliphatic carbocycles. The first-order valence-corrected chi connectivity index (χ1v) is 7.56. The molecular weight excluding hydrogens is 350 g/mol. The normalized spacial score (nSPS) is 11.0. The van der Waals surface area contributed by atoms with Gasteiger partial charge in [0.05, 0.1) is 16.7 Å². The molecule has 0 aliphatic heterocycles. The number of nitrogens with zero attached hydrogens (tertiary/aromatic N) is 4. The summed E-state index contributed by atoms with van der Waals surface area (Å²) in [6, 6.07) is 13.4. The molecule has 1 aromatic heterocycles. The van der Waals surface area contributed by atoms with Gasteiger partial charge in [-0.1, -0.05) is 35.9 Å². The van der Waals surface area contributed by atoms with Gasteiger partial charge in [-0.2, -0.15) is 14.9 Å². The average Bonchev–Trinajstić information content (AvgIpc) is 2.94. The Morgan fingerprint density at radius 1 is 1.29 bits per heavy atom. The van der Waals surface area contributed by atoms with E-state index in [0.29, 0.717) is 16.4 Å². The highest BCUT2D eigenvalue weighted by Gasteiger charge is 2.12. The van der Waals surface area contributed by atoms with Gasteiger partial charge in [0.1, 0.15) is 0 Å². The molecule has 0 fully saturated rings. The van der Waals surface area contributed by atoms with Gasteiger partial charge in [0.15, 0.2) is 5.82 Å². The maximum atomic E-state index is 11.1. The third-order valence-electron chi connectivity index (χ3n) is 3.18. The SMILES string of the molecule is O=[N+]([O-])c1ccccc1/C=N\n1c(-c2cccc(Cl)c2)n[nH]c1=S. The third kappa shape index (κ3) is 3.24. The van der Waals surface area contributed by atoms with Crippen LogP contribution < -0.4 is 0 Å². The zero-order chi connectivity index (χ0) is 17.1. The zero-order valence-electron chi connectivity index (χ0n) is 12.1. The van der Waals surface area contributed by atoms with Crippen LogP contribution in [0.4, 0.5) is 5.69 Å². The Labute approximate surface area is 146 Å². The second-order valence-corrected chi connectivity index (χ2v) is 5.56. The number of H-pyrrole nitrogens is 1. The molecule has 7 nitrogen and oxygen atoms in total. The van der Waals surface area contributed by atoms with Crippen LogP contribution in [0.1, 0.15) is 5.56 Å². The summed E-state index contributed by atoms with van der Waals surface area (Å²) in [4.78, 5) is 10.6. The molecule has 0 saturated heterocycles. The van der Waals surface area contributed by atoms with Crippen molar-refractivity contribution in [1.82, 2.24) is 14.9 Å². The molecule has 0 aliphatic rings. The molecule has 0 unspecified atom stereocenters. The van der Waals surface area contributed by atoms with Crippen molar-refractivity contribution in [3.63, 3.8) is 0 Å². The first kappa shape index (κ1) is 16.0. The van der Waals surface area contributed by atoms with E-state index in [9.17, 15) is 10.1 Å². The number of halogens is 1. The Kier molecular flexibility index (Phi) is 4.50. The fourth-order valence-corrected chi connectivity index (χ4v) is 2.47. The van der Waals surface area contributed by atoms with Crippen LogP contribution in [0.5, 0.6) is 0 Å². The van der Waals surface area contributed by atoms with Gasteiger partial charge in [0.2, 0.25) is 4.77 Å². The first-order chi connectivity index (χ1) is 11.6. The van der Waals surface area contributed by atoms with Crippen LogP contribution in [-0.2, 0) is 0 Å². The predicted molar refractivity (Wildman–Crippen MR) is 93.9 cm³/mol. The third-order valence-corrected chi connectivity index (χ3v) is 3.68.